The van der Waals surface area contributed by atoms with Crippen molar-refractivity contribution in [1.29, 1.82) is 0 Å². The van der Waals surface area contributed by atoms with Gasteiger partial charge in [-0.05, 0) is 71.8 Å². The van der Waals surface area contributed by atoms with Crippen LogP contribution < -0.4 is 20.1 Å². The zero-order chi connectivity index (χ0) is 24.8. The predicted octanol–water partition coefficient (Wildman–Crippen LogP) is 5.81. The number of rotatable bonds is 7. The van der Waals surface area contributed by atoms with Gasteiger partial charge in [-0.1, -0.05) is 18.2 Å². The van der Waals surface area contributed by atoms with Crippen molar-refractivity contribution in [3.63, 3.8) is 0 Å². The lowest BCUT2D eigenvalue weighted by Crippen LogP contribution is -2.34. The SMILES string of the molecule is CCOC(=O)c1c(NC(=S)NC(=O)c2ccccc2Br)sc(C)c1-c1ccc(OC)c(OC)c1. The number of methoxy groups -OCH3 is 2. The number of aryl methyl sites for hydroxylation is 1. The van der Waals surface area contributed by atoms with E-state index < -0.39 is 5.97 Å². The maximum Gasteiger partial charge on any atom is 0.341 e. The Labute approximate surface area is 215 Å². The second-order valence-electron chi connectivity index (χ2n) is 6.92. The lowest BCUT2D eigenvalue weighted by atomic mass is 10.0. The molecule has 0 aliphatic carbocycles. The minimum atomic E-state index is -0.501. The van der Waals surface area contributed by atoms with Gasteiger partial charge in [-0.2, -0.15) is 0 Å². The fourth-order valence-electron chi connectivity index (χ4n) is 3.32. The number of thiocarbonyl (C=S) groups is 1. The van der Waals surface area contributed by atoms with Crippen molar-refractivity contribution in [1.82, 2.24) is 5.32 Å². The monoisotopic (exact) mass is 562 g/mol. The highest BCUT2D eigenvalue weighted by Gasteiger charge is 2.26. The molecule has 0 fully saturated rings. The normalized spacial score (nSPS) is 10.4. The van der Waals surface area contributed by atoms with Crippen LogP contribution in [0.3, 0.4) is 0 Å². The van der Waals surface area contributed by atoms with E-state index in [1.807, 2.05) is 19.1 Å². The summed E-state index contributed by atoms with van der Waals surface area (Å²) in [4.78, 5) is 26.5. The third-order valence-electron chi connectivity index (χ3n) is 4.81. The Balaban J connectivity index is 1.97. The van der Waals surface area contributed by atoms with Gasteiger partial charge in [0.15, 0.2) is 16.6 Å². The van der Waals surface area contributed by atoms with Crippen LogP contribution in [-0.2, 0) is 4.74 Å². The summed E-state index contributed by atoms with van der Waals surface area (Å²) in [5.41, 5.74) is 2.21. The number of anilines is 1. The van der Waals surface area contributed by atoms with E-state index in [0.29, 0.717) is 37.7 Å². The first-order valence-corrected chi connectivity index (χ1v) is 12.2. The third-order valence-corrected chi connectivity index (χ3v) is 6.72. The van der Waals surface area contributed by atoms with Gasteiger partial charge in [0.1, 0.15) is 10.6 Å². The molecule has 10 heteroatoms. The van der Waals surface area contributed by atoms with Crippen LogP contribution in [0, 0.1) is 6.92 Å². The van der Waals surface area contributed by atoms with Gasteiger partial charge in [0, 0.05) is 14.9 Å². The number of nitrogens with one attached hydrogen (secondary N) is 2. The summed E-state index contributed by atoms with van der Waals surface area (Å²) in [5.74, 6) is 0.229. The van der Waals surface area contributed by atoms with E-state index in [1.165, 1.54) is 11.3 Å². The number of esters is 1. The van der Waals surface area contributed by atoms with Crippen molar-refractivity contribution in [3.05, 3.63) is 62.9 Å². The molecule has 0 unspecified atom stereocenters. The van der Waals surface area contributed by atoms with E-state index in [9.17, 15) is 9.59 Å². The molecule has 1 amide bonds. The zero-order valence-corrected chi connectivity index (χ0v) is 22.2. The van der Waals surface area contributed by atoms with Crippen LogP contribution in [0.4, 0.5) is 5.00 Å². The molecule has 7 nitrogen and oxygen atoms in total. The molecule has 1 aromatic heterocycles. The maximum atomic E-state index is 13.0. The van der Waals surface area contributed by atoms with Crippen molar-refractivity contribution in [2.45, 2.75) is 13.8 Å². The molecule has 178 valence electrons. The van der Waals surface area contributed by atoms with Gasteiger partial charge in [0.2, 0.25) is 0 Å². The van der Waals surface area contributed by atoms with E-state index in [2.05, 4.69) is 26.6 Å². The number of amides is 1. The molecule has 2 N–H and O–H groups in total. The summed E-state index contributed by atoms with van der Waals surface area (Å²) in [6.07, 6.45) is 0. The van der Waals surface area contributed by atoms with Gasteiger partial charge < -0.3 is 19.5 Å². The van der Waals surface area contributed by atoms with E-state index in [1.54, 1.807) is 51.5 Å². The lowest BCUT2D eigenvalue weighted by molar-refractivity contribution is 0.0529. The van der Waals surface area contributed by atoms with Crippen LogP contribution in [0.25, 0.3) is 11.1 Å². The average molecular weight is 563 g/mol. The summed E-state index contributed by atoms with van der Waals surface area (Å²) in [5, 5.41) is 6.18. The topological polar surface area (TPSA) is 85.9 Å². The number of ether oxygens (including phenoxy) is 3. The minimum absolute atomic E-state index is 0.0615. The molecule has 1 heterocycles. The Morgan fingerprint density at radius 2 is 1.79 bits per heavy atom. The first-order valence-electron chi connectivity index (χ1n) is 10.2. The Morgan fingerprint density at radius 1 is 1.09 bits per heavy atom. The van der Waals surface area contributed by atoms with E-state index in [0.717, 1.165) is 10.4 Å². The Hall–Kier alpha value is -2.95. The van der Waals surface area contributed by atoms with Crippen LogP contribution in [0.2, 0.25) is 0 Å². The molecule has 0 aliphatic heterocycles. The molecule has 0 aliphatic rings. The fourth-order valence-corrected chi connectivity index (χ4v) is 5.11. The van der Waals surface area contributed by atoms with Gasteiger partial charge >= 0.3 is 5.97 Å². The molecule has 0 radical (unpaired) electrons. The van der Waals surface area contributed by atoms with Gasteiger partial charge in [-0.15, -0.1) is 11.3 Å². The van der Waals surface area contributed by atoms with E-state index >= 15 is 0 Å². The molecule has 0 bridgehead atoms. The number of benzene rings is 2. The quantitative estimate of drug-likeness (QED) is 0.277. The van der Waals surface area contributed by atoms with Crippen LogP contribution >= 0.6 is 39.5 Å². The highest BCUT2D eigenvalue weighted by Crippen LogP contribution is 2.42. The van der Waals surface area contributed by atoms with Crippen molar-refractivity contribution in [3.8, 4) is 22.6 Å². The molecule has 2 aromatic carbocycles. The Kier molecular flexibility index (Phi) is 8.65. The van der Waals surface area contributed by atoms with Gasteiger partial charge in [-0.3, -0.25) is 10.1 Å². The molecule has 0 atom stereocenters. The average Bonchev–Trinajstić information content (AvgIpc) is 3.14. The number of carbonyl (C=O) groups is 2. The van der Waals surface area contributed by atoms with E-state index in [-0.39, 0.29) is 17.6 Å². The maximum absolute atomic E-state index is 13.0. The number of carbonyl (C=O) groups excluding carboxylic acids is 2. The van der Waals surface area contributed by atoms with Crippen molar-refractivity contribution in [2.24, 2.45) is 0 Å². The Bertz CT molecular complexity index is 1240. The van der Waals surface area contributed by atoms with Gasteiger partial charge in [0.05, 0.1) is 26.4 Å². The number of hydrogen-bond donors (Lipinski definition) is 2. The Morgan fingerprint density at radius 3 is 2.44 bits per heavy atom. The van der Waals surface area contributed by atoms with Crippen molar-refractivity contribution in [2.75, 3.05) is 26.1 Å². The molecule has 0 saturated heterocycles. The minimum Gasteiger partial charge on any atom is -0.493 e. The number of hydrogen-bond acceptors (Lipinski definition) is 7. The third kappa shape index (κ3) is 5.57. The van der Waals surface area contributed by atoms with Crippen LogP contribution in [0.5, 0.6) is 11.5 Å². The molecule has 3 aromatic rings. The second kappa shape index (κ2) is 11.5. The number of halogens is 1. The summed E-state index contributed by atoms with van der Waals surface area (Å²) >= 11 is 10.1. The van der Waals surface area contributed by atoms with E-state index in [4.69, 9.17) is 26.4 Å². The lowest BCUT2D eigenvalue weighted by Gasteiger charge is -2.13. The van der Waals surface area contributed by atoms with Crippen molar-refractivity contribution >= 4 is 61.5 Å². The standard InChI is InChI=1S/C24H23BrN2O5S2/c1-5-32-23(29)20-19(14-10-11-17(30-3)18(12-14)31-4)13(2)34-22(20)27-24(33)26-21(28)15-8-6-7-9-16(15)25/h6-12H,5H2,1-4H3,(H2,26,27,28,33). The molecular weight excluding hydrogens is 540 g/mol. The predicted molar refractivity (Wildman–Crippen MR) is 141 cm³/mol. The largest absolute Gasteiger partial charge is 0.493 e. The van der Waals surface area contributed by atoms with Crippen LogP contribution in [0.1, 0.15) is 32.5 Å². The summed E-state index contributed by atoms with van der Waals surface area (Å²) in [7, 11) is 3.11. The first kappa shape index (κ1) is 25.7. The van der Waals surface area contributed by atoms with Gasteiger partial charge in [-0.25, -0.2) is 4.79 Å². The first-order chi connectivity index (χ1) is 16.3. The number of thiophene rings is 1. The second-order valence-corrected chi connectivity index (χ2v) is 9.40. The molecule has 34 heavy (non-hydrogen) atoms. The smallest absolute Gasteiger partial charge is 0.341 e. The summed E-state index contributed by atoms with van der Waals surface area (Å²) in [6, 6.07) is 12.4. The molecule has 0 spiro atoms. The fraction of sp³-hybridized carbons (Fsp3) is 0.208. The molecular formula is C24H23BrN2O5S2. The summed E-state index contributed by atoms with van der Waals surface area (Å²) < 4.78 is 16.7. The summed E-state index contributed by atoms with van der Waals surface area (Å²) in [6.45, 7) is 3.85. The zero-order valence-electron chi connectivity index (χ0n) is 19.0. The molecule has 0 saturated carbocycles. The molecule has 3 rings (SSSR count). The van der Waals surface area contributed by atoms with Gasteiger partial charge in [0.25, 0.3) is 5.91 Å². The van der Waals surface area contributed by atoms with Crippen molar-refractivity contribution < 1.29 is 23.8 Å². The van der Waals surface area contributed by atoms with Crippen LogP contribution in [-0.4, -0.2) is 37.8 Å². The van der Waals surface area contributed by atoms with Crippen LogP contribution in [0.15, 0.2) is 46.9 Å². The highest BCUT2D eigenvalue weighted by atomic mass is 79.9. The highest BCUT2D eigenvalue weighted by molar-refractivity contribution is 9.10.